The number of fused-ring (bicyclic) bond motifs is 1. The lowest BCUT2D eigenvalue weighted by Gasteiger charge is -2.26. The minimum atomic E-state index is -0.789. The smallest absolute Gasteiger partial charge is 0.323 e. The summed E-state index contributed by atoms with van der Waals surface area (Å²) >= 11 is 3.49. The molecule has 0 saturated heterocycles. The summed E-state index contributed by atoms with van der Waals surface area (Å²) in [6.45, 7) is 3.84. The Kier molecular flexibility index (Phi) is 3.80. The highest BCUT2D eigenvalue weighted by molar-refractivity contribution is 9.10. The molecule has 0 aromatic heterocycles. The Morgan fingerprint density at radius 2 is 2.17 bits per heavy atom. The number of carbonyl (C=O) groups is 1. The van der Waals surface area contributed by atoms with Gasteiger partial charge in [0.15, 0.2) is 0 Å². The van der Waals surface area contributed by atoms with Gasteiger partial charge in [-0.1, -0.05) is 15.9 Å². The van der Waals surface area contributed by atoms with Crippen molar-refractivity contribution in [1.29, 1.82) is 0 Å². The number of anilines is 2. The highest BCUT2D eigenvalue weighted by Crippen LogP contribution is 2.37. The second kappa shape index (κ2) is 5.18. The quantitative estimate of drug-likeness (QED) is 0.911. The van der Waals surface area contributed by atoms with E-state index in [-0.39, 0.29) is 6.54 Å². The van der Waals surface area contributed by atoms with Crippen LogP contribution in [0.3, 0.4) is 0 Å². The highest BCUT2D eigenvalue weighted by atomic mass is 79.9. The summed E-state index contributed by atoms with van der Waals surface area (Å²) in [6.07, 6.45) is 0.968. The van der Waals surface area contributed by atoms with Crippen molar-refractivity contribution >= 4 is 33.3 Å². The van der Waals surface area contributed by atoms with Crippen LogP contribution in [0, 0.1) is 6.92 Å². The Morgan fingerprint density at radius 3 is 2.83 bits per heavy atom. The van der Waals surface area contributed by atoms with Crippen LogP contribution in [-0.4, -0.2) is 37.8 Å². The Hall–Kier alpha value is -1.23. The van der Waals surface area contributed by atoms with Crippen molar-refractivity contribution in [1.82, 2.24) is 0 Å². The molecule has 0 bridgehead atoms. The van der Waals surface area contributed by atoms with Crippen LogP contribution in [-0.2, 0) is 4.79 Å². The molecule has 0 radical (unpaired) electrons. The molecule has 0 spiro atoms. The van der Waals surface area contributed by atoms with Gasteiger partial charge in [-0.05, 0) is 31.0 Å². The van der Waals surface area contributed by atoms with Crippen molar-refractivity contribution in [3.63, 3.8) is 0 Å². The molecule has 0 amide bonds. The van der Waals surface area contributed by atoms with Crippen molar-refractivity contribution in [2.75, 3.05) is 36.5 Å². The Balaban J connectivity index is 2.50. The number of aliphatic carboxylic acids is 1. The summed E-state index contributed by atoms with van der Waals surface area (Å²) in [5.74, 6) is -0.789. The molecule has 0 unspecified atom stereocenters. The lowest BCUT2D eigenvalue weighted by Crippen LogP contribution is -2.30. The molecule has 4 nitrogen and oxygen atoms in total. The van der Waals surface area contributed by atoms with Crippen LogP contribution in [0.2, 0.25) is 0 Å². The Labute approximate surface area is 115 Å². The van der Waals surface area contributed by atoms with Gasteiger partial charge >= 0.3 is 5.97 Å². The van der Waals surface area contributed by atoms with Crippen LogP contribution in [0.25, 0.3) is 0 Å². The first-order chi connectivity index (χ1) is 8.49. The number of hydrogen-bond donors (Lipinski definition) is 1. The van der Waals surface area contributed by atoms with E-state index in [1.807, 2.05) is 11.0 Å². The predicted octanol–water partition coefficient (Wildman–Crippen LogP) is 2.49. The number of aryl methyl sites for hydroxylation is 1. The summed E-state index contributed by atoms with van der Waals surface area (Å²) in [5.41, 5.74) is 3.31. The molecular formula is C13H17BrN2O2. The molecule has 2 rings (SSSR count). The number of rotatable bonds is 2. The van der Waals surface area contributed by atoms with Gasteiger partial charge in [-0.3, -0.25) is 4.79 Å². The maximum atomic E-state index is 11.0. The molecule has 5 heteroatoms. The van der Waals surface area contributed by atoms with Crippen molar-refractivity contribution in [3.05, 3.63) is 22.2 Å². The largest absolute Gasteiger partial charge is 0.480 e. The zero-order chi connectivity index (χ0) is 13.3. The maximum Gasteiger partial charge on any atom is 0.323 e. The molecule has 1 aliphatic heterocycles. The first-order valence-corrected chi connectivity index (χ1v) is 6.76. The lowest BCUT2D eigenvalue weighted by molar-refractivity contribution is -0.135. The first kappa shape index (κ1) is 13.2. The van der Waals surface area contributed by atoms with Gasteiger partial charge in [0.25, 0.3) is 0 Å². The van der Waals surface area contributed by atoms with Crippen molar-refractivity contribution in [3.8, 4) is 0 Å². The third-order valence-electron chi connectivity index (χ3n) is 3.22. The molecule has 0 saturated carbocycles. The first-order valence-electron chi connectivity index (χ1n) is 5.97. The van der Waals surface area contributed by atoms with Gasteiger partial charge in [-0.2, -0.15) is 0 Å². The number of carboxylic acids is 1. The number of carboxylic acid groups (broad SMARTS) is 1. The molecule has 1 aromatic carbocycles. The fraction of sp³-hybridized carbons (Fsp3) is 0.462. The molecule has 98 valence electrons. The van der Waals surface area contributed by atoms with E-state index >= 15 is 0 Å². The summed E-state index contributed by atoms with van der Waals surface area (Å²) < 4.78 is 0.990. The molecule has 0 aliphatic carbocycles. The summed E-state index contributed by atoms with van der Waals surface area (Å²) in [6, 6.07) is 4.08. The van der Waals surface area contributed by atoms with Gasteiger partial charge in [0.1, 0.15) is 6.54 Å². The summed E-state index contributed by atoms with van der Waals surface area (Å²) in [4.78, 5) is 15.1. The van der Waals surface area contributed by atoms with E-state index in [1.165, 1.54) is 5.56 Å². The summed E-state index contributed by atoms with van der Waals surface area (Å²) in [7, 11) is 2.06. The van der Waals surface area contributed by atoms with Crippen LogP contribution in [0.15, 0.2) is 16.6 Å². The number of halogens is 1. The Bertz CT molecular complexity index is 476. The van der Waals surface area contributed by atoms with E-state index in [0.717, 1.165) is 35.4 Å². The maximum absolute atomic E-state index is 11.0. The minimum absolute atomic E-state index is 0.0523. The van der Waals surface area contributed by atoms with E-state index in [0.29, 0.717) is 0 Å². The predicted molar refractivity (Wildman–Crippen MR) is 76.6 cm³/mol. The molecule has 1 aliphatic rings. The van der Waals surface area contributed by atoms with Crippen molar-refractivity contribution in [2.24, 2.45) is 0 Å². The number of benzene rings is 1. The van der Waals surface area contributed by atoms with Gasteiger partial charge in [-0.25, -0.2) is 0 Å². The van der Waals surface area contributed by atoms with E-state index < -0.39 is 5.97 Å². The second-order valence-corrected chi connectivity index (χ2v) is 5.60. The molecular weight excluding hydrogens is 296 g/mol. The molecule has 1 aromatic rings. The molecule has 0 atom stereocenters. The van der Waals surface area contributed by atoms with Gasteiger partial charge in [0, 0.05) is 24.6 Å². The van der Waals surface area contributed by atoms with Crippen LogP contribution in [0.4, 0.5) is 11.4 Å². The normalized spacial score (nSPS) is 15.3. The van der Waals surface area contributed by atoms with E-state index in [4.69, 9.17) is 5.11 Å². The van der Waals surface area contributed by atoms with Crippen LogP contribution in [0.5, 0.6) is 0 Å². The number of nitrogens with zero attached hydrogens (tertiary/aromatic N) is 2. The third kappa shape index (κ3) is 2.61. The van der Waals surface area contributed by atoms with Crippen LogP contribution in [0.1, 0.15) is 12.0 Å². The van der Waals surface area contributed by atoms with Crippen LogP contribution < -0.4 is 9.80 Å². The average molecular weight is 313 g/mol. The lowest BCUT2D eigenvalue weighted by atomic mass is 10.1. The zero-order valence-corrected chi connectivity index (χ0v) is 12.2. The second-order valence-electron chi connectivity index (χ2n) is 4.68. The molecule has 0 fully saturated rings. The Morgan fingerprint density at radius 1 is 1.44 bits per heavy atom. The summed E-state index contributed by atoms with van der Waals surface area (Å²) in [5, 5.41) is 9.02. The molecule has 18 heavy (non-hydrogen) atoms. The zero-order valence-electron chi connectivity index (χ0n) is 10.6. The third-order valence-corrected chi connectivity index (χ3v) is 3.67. The van der Waals surface area contributed by atoms with Gasteiger partial charge in [-0.15, -0.1) is 0 Å². The molecule has 1 N–H and O–H groups in total. The van der Waals surface area contributed by atoms with E-state index in [1.54, 1.807) is 0 Å². The average Bonchev–Trinajstić information content (AvgIpc) is 2.38. The van der Waals surface area contributed by atoms with E-state index in [2.05, 4.69) is 40.9 Å². The SMILES string of the molecule is Cc1cc(Br)cc2c1N(C)CCCN2CC(=O)O. The van der Waals surface area contributed by atoms with Gasteiger partial charge in [0.2, 0.25) is 0 Å². The monoisotopic (exact) mass is 312 g/mol. The van der Waals surface area contributed by atoms with Gasteiger partial charge in [0.05, 0.1) is 11.4 Å². The van der Waals surface area contributed by atoms with Crippen molar-refractivity contribution < 1.29 is 9.90 Å². The topological polar surface area (TPSA) is 43.8 Å². The highest BCUT2D eigenvalue weighted by Gasteiger charge is 2.22. The molecule has 1 heterocycles. The minimum Gasteiger partial charge on any atom is -0.480 e. The fourth-order valence-electron chi connectivity index (χ4n) is 2.51. The van der Waals surface area contributed by atoms with Crippen molar-refractivity contribution in [2.45, 2.75) is 13.3 Å². The standard InChI is InChI=1S/C13H17BrN2O2/c1-9-6-10(14)7-11-13(9)15(2)4-3-5-16(11)8-12(17)18/h6-7H,3-5,8H2,1-2H3,(H,17,18). The van der Waals surface area contributed by atoms with E-state index in [9.17, 15) is 4.79 Å². The fourth-order valence-corrected chi connectivity index (χ4v) is 3.07. The van der Waals surface area contributed by atoms with Gasteiger partial charge < -0.3 is 14.9 Å². The number of hydrogen-bond acceptors (Lipinski definition) is 3. The van der Waals surface area contributed by atoms with Crippen LogP contribution >= 0.6 is 15.9 Å².